The van der Waals surface area contributed by atoms with Gasteiger partial charge < -0.3 is 4.55 Å². The fourth-order valence-corrected chi connectivity index (χ4v) is 4.93. The number of rotatable bonds is 5. The molecule has 0 saturated heterocycles. The fourth-order valence-electron chi connectivity index (χ4n) is 2.33. The SMILES string of the molecule is CCCS(=O)(=O)[O-].c1ccc([S+](c2ccccc2)c2ccccc2)cc1. The monoisotopic (exact) mass is 386 g/mol. The maximum Gasteiger partial charge on any atom is 0.166 e. The summed E-state index contributed by atoms with van der Waals surface area (Å²) in [6, 6.07) is 32.2. The van der Waals surface area contributed by atoms with Crippen molar-refractivity contribution in [2.45, 2.75) is 28.0 Å². The van der Waals surface area contributed by atoms with Gasteiger partial charge in [0.1, 0.15) is 0 Å². The predicted octanol–water partition coefficient (Wildman–Crippen LogP) is 4.72. The zero-order chi connectivity index (χ0) is 18.8. The van der Waals surface area contributed by atoms with Crippen LogP contribution in [0.25, 0.3) is 0 Å². The lowest BCUT2D eigenvalue weighted by molar-refractivity contribution is 0.462. The Balaban J connectivity index is 0.000000298. The van der Waals surface area contributed by atoms with E-state index in [-0.39, 0.29) is 16.6 Å². The van der Waals surface area contributed by atoms with Crippen LogP contribution in [0.4, 0.5) is 0 Å². The molecular weight excluding hydrogens is 364 g/mol. The molecule has 0 fully saturated rings. The van der Waals surface area contributed by atoms with Crippen LogP contribution in [0.5, 0.6) is 0 Å². The van der Waals surface area contributed by atoms with Gasteiger partial charge in [-0.3, -0.25) is 0 Å². The Morgan fingerprint density at radius 3 is 1.19 bits per heavy atom. The van der Waals surface area contributed by atoms with Crippen LogP contribution in [-0.4, -0.2) is 18.7 Å². The summed E-state index contributed by atoms with van der Waals surface area (Å²) in [6.07, 6.45) is 0.409. The maximum atomic E-state index is 9.68. The van der Waals surface area contributed by atoms with E-state index in [1.54, 1.807) is 6.92 Å². The van der Waals surface area contributed by atoms with Crippen LogP contribution in [0.3, 0.4) is 0 Å². The normalized spacial score (nSPS) is 10.9. The Bertz CT molecular complexity index is 771. The molecule has 0 aliphatic heterocycles. The molecule has 0 heterocycles. The van der Waals surface area contributed by atoms with Gasteiger partial charge in [-0.25, -0.2) is 8.42 Å². The van der Waals surface area contributed by atoms with Crippen molar-refractivity contribution in [1.82, 2.24) is 0 Å². The maximum absolute atomic E-state index is 9.68. The third-order valence-corrected chi connectivity index (χ3v) is 6.53. The molecule has 3 aromatic carbocycles. The van der Waals surface area contributed by atoms with Crippen molar-refractivity contribution in [1.29, 1.82) is 0 Å². The van der Waals surface area contributed by atoms with Crippen molar-refractivity contribution >= 4 is 21.0 Å². The van der Waals surface area contributed by atoms with Crippen LogP contribution in [0.2, 0.25) is 0 Å². The molecule has 0 aromatic heterocycles. The highest BCUT2D eigenvalue weighted by molar-refractivity contribution is 7.97. The topological polar surface area (TPSA) is 57.2 Å². The quantitative estimate of drug-likeness (QED) is 0.471. The van der Waals surface area contributed by atoms with Crippen LogP contribution >= 0.6 is 0 Å². The summed E-state index contributed by atoms with van der Waals surface area (Å²) in [5, 5.41) is 0. The summed E-state index contributed by atoms with van der Waals surface area (Å²) in [6.45, 7) is 1.65. The second-order valence-corrected chi connectivity index (χ2v) is 9.06. The summed E-state index contributed by atoms with van der Waals surface area (Å²) in [4.78, 5) is 4.08. The van der Waals surface area contributed by atoms with Gasteiger partial charge >= 0.3 is 0 Å². The van der Waals surface area contributed by atoms with Gasteiger partial charge in [0.15, 0.2) is 14.7 Å². The van der Waals surface area contributed by atoms with Gasteiger partial charge in [-0.15, -0.1) is 0 Å². The number of benzene rings is 3. The molecule has 0 atom stereocenters. The van der Waals surface area contributed by atoms with E-state index in [0.717, 1.165) is 0 Å². The minimum atomic E-state index is -3.92. The first-order valence-corrected chi connectivity index (χ1v) is 11.1. The minimum Gasteiger partial charge on any atom is -0.748 e. The van der Waals surface area contributed by atoms with Gasteiger partial charge in [0, 0.05) is 5.75 Å². The van der Waals surface area contributed by atoms with E-state index in [1.807, 2.05) is 0 Å². The molecule has 26 heavy (non-hydrogen) atoms. The molecule has 5 heteroatoms. The first kappa shape index (κ1) is 20.2. The second-order valence-electron chi connectivity index (χ2n) is 5.51. The lowest BCUT2D eigenvalue weighted by atomic mass is 10.4. The van der Waals surface area contributed by atoms with Gasteiger partial charge in [0.05, 0.1) is 21.0 Å². The van der Waals surface area contributed by atoms with Crippen LogP contribution in [0.1, 0.15) is 13.3 Å². The van der Waals surface area contributed by atoms with Gasteiger partial charge in [-0.1, -0.05) is 61.5 Å². The molecule has 0 aliphatic carbocycles. The van der Waals surface area contributed by atoms with E-state index < -0.39 is 10.1 Å². The highest BCUT2D eigenvalue weighted by Gasteiger charge is 2.27. The van der Waals surface area contributed by atoms with Crippen LogP contribution in [0, 0.1) is 0 Å². The van der Waals surface area contributed by atoms with Crippen LogP contribution in [0.15, 0.2) is 106 Å². The van der Waals surface area contributed by atoms with Gasteiger partial charge in [0.25, 0.3) is 0 Å². The first-order valence-electron chi connectivity index (χ1n) is 8.34. The summed E-state index contributed by atoms with van der Waals surface area (Å²) >= 11 is 0. The predicted molar refractivity (Wildman–Crippen MR) is 106 cm³/mol. The smallest absolute Gasteiger partial charge is 0.166 e. The summed E-state index contributed by atoms with van der Waals surface area (Å²) in [5.41, 5.74) is 0. The number of hydrogen-bond donors (Lipinski definition) is 0. The average molecular weight is 387 g/mol. The minimum absolute atomic E-state index is 0.0146. The Morgan fingerprint density at radius 1 is 0.692 bits per heavy atom. The Hall–Kier alpha value is -2.08. The third kappa shape index (κ3) is 6.67. The lowest BCUT2D eigenvalue weighted by Crippen LogP contribution is -2.04. The molecule has 0 saturated carbocycles. The van der Waals surface area contributed by atoms with E-state index >= 15 is 0 Å². The fraction of sp³-hybridized carbons (Fsp3) is 0.143. The Labute approximate surface area is 158 Å². The Kier molecular flexibility index (Phi) is 7.91. The average Bonchev–Trinajstić information content (AvgIpc) is 2.64. The van der Waals surface area contributed by atoms with Crippen LogP contribution in [-0.2, 0) is 21.0 Å². The molecule has 3 nitrogen and oxygen atoms in total. The molecule has 136 valence electrons. The highest BCUT2D eigenvalue weighted by Crippen LogP contribution is 2.30. The zero-order valence-electron chi connectivity index (χ0n) is 14.6. The first-order chi connectivity index (χ1) is 12.5. The van der Waals surface area contributed by atoms with Crippen molar-refractivity contribution in [3.63, 3.8) is 0 Å². The molecule has 0 spiro atoms. The van der Waals surface area contributed by atoms with E-state index in [0.29, 0.717) is 6.42 Å². The molecular formula is C21H22O3S2. The molecule has 0 amide bonds. The summed E-state index contributed by atoms with van der Waals surface area (Å²) < 4.78 is 29.0. The van der Waals surface area contributed by atoms with Gasteiger partial charge in [0.2, 0.25) is 0 Å². The van der Waals surface area contributed by atoms with Crippen molar-refractivity contribution in [3.05, 3.63) is 91.0 Å². The molecule has 0 bridgehead atoms. The van der Waals surface area contributed by atoms with E-state index in [4.69, 9.17) is 0 Å². The zero-order valence-corrected chi connectivity index (χ0v) is 16.2. The molecule has 0 aliphatic rings. The van der Waals surface area contributed by atoms with Gasteiger partial charge in [-0.2, -0.15) is 0 Å². The molecule has 3 rings (SSSR count). The summed E-state index contributed by atoms with van der Waals surface area (Å²) in [5.74, 6) is -0.243. The van der Waals surface area contributed by atoms with Gasteiger partial charge in [-0.05, 0) is 42.8 Å². The van der Waals surface area contributed by atoms with Crippen molar-refractivity contribution in [2.24, 2.45) is 0 Å². The second kappa shape index (κ2) is 10.2. The van der Waals surface area contributed by atoms with E-state index in [2.05, 4.69) is 91.0 Å². The number of hydrogen-bond acceptors (Lipinski definition) is 3. The van der Waals surface area contributed by atoms with E-state index in [1.165, 1.54) is 14.7 Å². The van der Waals surface area contributed by atoms with Crippen molar-refractivity contribution in [2.75, 3.05) is 5.75 Å². The molecule has 0 radical (unpaired) electrons. The molecule has 0 unspecified atom stereocenters. The van der Waals surface area contributed by atoms with Crippen LogP contribution < -0.4 is 0 Å². The highest BCUT2D eigenvalue weighted by atomic mass is 32.2. The van der Waals surface area contributed by atoms with Crippen molar-refractivity contribution < 1.29 is 13.0 Å². The van der Waals surface area contributed by atoms with E-state index in [9.17, 15) is 13.0 Å². The molecule has 0 N–H and O–H groups in total. The lowest BCUT2D eigenvalue weighted by Gasteiger charge is -2.07. The molecule has 3 aromatic rings. The largest absolute Gasteiger partial charge is 0.748 e. The van der Waals surface area contributed by atoms with Crippen molar-refractivity contribution in [3.8, 4) is 0 Å². The third-order valence-electron chi connectivity index (χ3n) is 3.39. The summed E-state index contributed by atoms with van der Waals surface area (Å²) in [7, 11) is -3.94. The Morgan fingerprint density at radius 2 is 1.00 bits per heavy atom. The standard InChI is InChI=1S/C18H15S.C3H8O3S/c1-4-10-16(11-5-1)19(17-12-6-2-7-13-17)18-14-8-3-9-15-18;1-2-3-7(4,5)6/h1-15H;2-3H2,1H3,(H,4,5,6)/q+1;/p-1.